The average Bonchev–Trinajstić information content (AvgIpc) is 2.63. The van der Waals surface area contributed by atoms with Crippen molar-refractivity contribution in [3.8, 4) is 0 Å². The molecule has 2 fully saturated rings. The molecule has 2 saturated carbocycles. The van der Waals surface area contributed by atoms with E-state index in [-0.39, 0.29) is 11.9 Å². The second kappa shape index (κ2) is 2.41. The maximum absolute atomic E-state index is 9.60. The van der Waals surface area contributed by atoms with Gasteiger partial charge < -0.3 is 14.6 Å². The van der Waals surface area contributed by atoms with Gasteiger partial charge in [-0.1, -0.05) is 0 Å². The first kappa shape index (κ1) is 7.68. The largest absolute Gasteiger partial charge is 0.456 e. The number of hydrogen-bond acceptors (Lipinski definition) is 3. The van der Waals surface area contributed by atoms with Gasteiger partial charge >= 0.3 is 0 Å². The first-order chi connectivity index (χ1) is 6.31. The fraction of sp³-hybridized carbons (Fsp3) is 0.800. The van der Waals surface area contributed by atoms with Gasteiger partial charge in [0.2, 0.25) is 0 Å². The van der Waals surface area contributed by atoms with E-state index >= 15 is 0 Å². The quantitative estimate of drug-likeness (QED) is 0.615. The van der Waals surface area contributed by atoms with Crippen molar-refractivity contribution in [3.05, 3.63) is 12.5 Å². The van der Waals surface area contributed by atoms with Crippen LogP contribution in [0.2, 0.25) is 0 Å². The first-order valence-electron chi connectivity index (χ1n) is 5.00. The normalized spacial score (nSPS) is 44.8. The lowest BCUT2D eigenvalue weighted by Crippen LogP contribution is -2.47. The van der Waals surface area contributed by atoms with Crippen LogP contribution in [0.15, 0.2) is 12.5 Å². The van der Waals surface area contributed by atoms with Crippen molar-refractivity contribution in [3.63, 3.8) is 0 Å². The summed E-state index contributed by atoms with van der Waals surface area (Å²) in [7, 11) is 0. The van der Waals surface area contributed by atoms with Gasteiger partial charge in [0.15, 0.2) is 0 Å². The summed E-state index contributed by atoms with van der Waals surface area (Å²) in [4.78, 5) is 0. The monoisotopic (exact) mass is 182 g/mol. The van der Waals surface area contributed by atoms with Gasteiger partial charge in [-0.25, -0.2) is 0 Å². The van der Waals surface area contributed by atoms with Gasteiger partial charge in [0.25, 0.3) is 5.79 Å². The van der Waals surface area contributed by atoms with E-state index in [1.54, 1.807) is 12.5 Å². The molecule has 1 N–H and O–H groups in total. The van der Waals surface area contributed by atoms with E-state index in [2.05, 4.69) is 0 Å². The van der Waals surface area contributed by atoms with E-state index < -0.39 is 0 Å². The third-order valence-electron chi connectivity index (χ3n) is 3.67. The number of rotatable bonds is 0. The maximum atomic E-state index is 9.60. The van der Waals surface area contributed by atoms with Gasteiger partial charge in [0.1, 0.15) is 12.5 Å². The zero-order valence-corrected chi connectivity index (χ0v) is 7.48. The summed E-state index contributed by atoms with van der Waals surface area (Å²) in [5.41, 5.74) is 0. The predicted molar refractivity (Wildman–Crippen MR) is 45.5 cm³/mol. The smallest absolute Gasteiger partial charge is 0.255 e. The topological polar surface area (TPSA) is 38.7 Å². The van der Waals surface area contributed by atoms with Crippen LogP contribution in [0.5, 0.6) is 0 Å². The lowest BCUT2D eigenvalue weighted by Gasteiger charge is -2.40. The van der Waals surface area contributed by atoms with Crippen LogP contribution in [0, 0.1) is 11.8 Å². The van der Waals surface area contributed by atoms with E-state index in [9.17, 15) is 5.11 Å². The highest BCUT2D eigenvalue weighted by molar-refractivity contribution is 5.03. The summed E-state index contributed by atoms with van der Waals surface area (Å²) in [6.45, 7) is 0. The van der Waals surface area contributed by atoms with Crippen LogP contribution < -0.4 is 0 Å². The van der Waals surface area contributed by atoms with Crippen molar-refractivity contribution in [2.24, 2.45) is 11.8 Å². The van der Waals surface area contributed by atoms with Gasteiger partial charge in [-0.2, -0.15) is 0 Å². The van der Waals surface area contributed by atoms with Crippen LogP contribution in [-0.4, -0.2) is 17.0 Å². The summed E-state index contributed by atoms with van der Waals surface area (Å²) in [5, 5.41) is 9.60. The number of aliphatic hydroxyl groups is 1. The molecule has 0 radical (unpaired) electrons. The predicted octanol–water partition coefficient (Wildman–Crippen LogP) is 1.38. The van der Waals surface area contributed by atoms with Crippen LogP contribution in [0.3, 0.4) is 0 Å². The van der Waals surface area contributed by atoms with Crippen molar-refractivity contribution in [1.29, 1.82) is 0 Å². The summed E-state index contributed by atoms with van der Waals surface area (Å²) in [5.74, 6) is 0.381. The Balaban J connectivity index is 1.90. The molecule has 2 unspecified atom stereocenters. The molecule has 2 aliphatic carbocycles. The first-order valence-corrected chi connectivity index (χ1v) is 5.00. The van der Waals surface area contributed by atoms with Gasteiger partial charge in [-0.15, -0.1) is 0 Å². The maximum Gasteiger partial charge on any atom is 0.255 e. The van der Waals surface area contributed by atoms with E-state index in [0.717, 1.165) is 25.7 Å². The molecule has 0 amide bonds. The molecule has 72 valence electrons. The van der Waals surface area contributed by atoms with Gasteiger partial charge in [0, 0.05) is 11.8 Å². The van der Waals surface area contributed by atoms with E-state index in [0.29, 0.717) is 11.8 Å². The van der Waals surface area contributed by atoms with Crippen molar-refractivity contribution >= 4 is 0 Å². The molecule has 0 aromatic carbocycles. The van der Waals surface area contributed by atoms with E-state index in [1.807, 2.05) is 0 Å². The molecule has 1 aliphatic heterocycles. The third-order valence-corrected chi connectivity index (χ3v) is 3.67. The van der Waals surface area contributed by atoms with Crippen molar-refractivity contribution in [2.45, 2.75) is 37.6 Å². The number of aliphatic hydroxyl groups excluding tert-OH is 1. The SMILES string of the molecule is OC1CC2CCC(C1)C21OC=CO1. The molecule has 2 atom stereocenters. The van der Waals surface area contributed by atoms with Gasteiger partial charge in [0.05, 0.1) is 6.10 Å². The fourth-order valence-electron chi connectivity index (χ4n) is 3.14. The second-order valence-corrected chi connectivity index (χ2v) is 4.33. The third kappa shape index (κ3) is 0.881. The zero-order valence-electron chi connectivity index (χ0n) is 7.48. The van der Waals surface area contributed by atoms with Gasteiger partial charge in [-0.05, 0) is 25.7 Å². The Morgan fingerprint density at radius 1 is 1.08 bits per heavy atom. The molecular formula is C10H14O3. The molecule has 1 spiro atoms. The summed E-state index contributed by atoms with van der Waals surface area (Å²) in [6.07, 6.45) is 7.06. The number of hydrogen-bond donors (Lipinski definition) is 1. The Labute approximate surface area is 77.3 Å². The van der Waals surface area contributed by atoms with Crippen molar-refractivity contribution in [2.75, 3.05) is 0 Å². The van der Waals surface area contributed by atoms with E-state index in [1.165, 1.54) is 0 Å². The van der Waals surface area contributed by atoms with Crippen LogP contribution in [0.1, 0.15) is 25.7 Å². The van der Waals surface area contributed by atoms with Crippen LogP contribution >= 0.6 is 0 Å². The standard InChI is InChI=1S/C10H14O3/c11-9-5-7-1-2-8(6-9)10(7)12-3-4-13-10/h3-4,7-9,11H,1-2,5-6H2. The lowest BCUT2D eigenvalue weighted by molar-refractivity contribution is -0.222. The number of ether oxygens (including phenoxy) is 2. The zero-order chi connectivity index (χ0) is 8.89. The molecule has 0 saturated heterocycles. The van der Waals surface area contributed by atoms with Crippen LogP contribution in [-0.2, 0) is 9.47 Å². The average molecular weight is 182 g/mol. The highest BCUT2D eigenvalue weighted by Gasteiger charge is 2.58. The van der Waals surface area contributed by atoms with Crippen molar-refractivity contribution < 1.29 is 14.6 Å². The Bertz CT molecular complexity index is 225. The minimum Gasteiger partial charge on any atom is -0.456 e. The highest BCUT2D eigenvalue weighted by Crippen LogP contribution is 2.53. The lowest BCUT2D eigenvalue weighted by atomic mass is 9.81. The molecule has 3 rings (SSSR count). The summed E-state index contributed by atoms with van der Waals surface area (Å²) < 4.78 is 11.2. The summed E-state index contributed by atoms with van der Waals surface area (Å²) in [6, 6.07) is 0. The minimum absolute atomic E-state index is 0.143. The Morgan fingerprint density at radius 3 is 2.15 bits per heavy atom. The molecule has 3 nitrogen and oxygen atoms in total. The Hall–Kier alpha value is -0.700. The minimum atomic E-state index is -0.390. The van der Waals surface area contributed by atoms with Crippen molar-refractivity contribution in [1.82, 2.24) is 0 Å². The second-order valence-electron chi connectivity index (χ2n) is 4.33. The molecule has 0 aromatic rings. The summed E-state index contributed by atoms with van der Waals surface area (Å²) >= 11 is 0. The molecule has 1 heterocycles. The fourth-order valence-corrected chi connectivity index (χ4v) is 3.14. The molecular weight excluding hydrogens is 168 g/mol. The Kier molecular flexibility index (Phi) is 1.42. The molecule has 0 aromatic heterocycles. The highest BCUT2D eigenvalue weighted by atomic mass is 16.7. The molecule has 3 heteroatoms. The molecule has 3 aliphatic rings. The van der Waals surface area contributed by atoms with Crippen LogP contribution in [0.25, 0.3) is 0 Å². The molecule has 13 heavy (non-hydrogen) atoms. The van der Waals surface area contributed by atoms with E-state index in [4.69, 9.17) is 9.47 Å². The molecule has 2 bridgehead atoms. The van der Waals surface area contributed by atoms with Crippen LogP contribution in [0.4, 0.5) is 0 Å². The Morgan fingerprint density at radius 2 is 1.62 bits per heavy atom. The van der Waals surface area contributed by atoms with Gasteiger partial charge in [-0.3, -0.25) is 0 Å².